The summed E-state index contributed by atoms with van der Waals surface area (Å²) in [5.74, 6) is 0. The standard InChI is InChI=1S/C19H23NO/c1-2-21-15-9-14-20-19(18-12-7-4-8-13-18)16-17-10-5-3-6-11-17/h2-8,10-13,19-20H,1,9,14-16H2. The lowest BCUT2D eigenvalue weighted by atomic mass is 9.99. The highest BCUT2D eigenvalue weighted by molar-refractivity contribution is 5.23. The van der Waals surface area contributed by atoms with Gasteiger partial charge in [0.1, 0.15) is 0 Å². The Kier molecular flexibility index (Phi) is 6.56. The topological polar surface area (TPSA) is 21.3 Å². The molecule has 0 saturated carbocycles. The molecular formula is C19H23NO. The van der Waals surface area contributed by atoms with Crippen molar-refractivity contribution >= 4 is 0 Å². The molecule has 1 unspecified atom stereocenters. The Morgan fingerprint density at radius 2 is 1.67 bits per heavy atom. The molecule has 0 aliphatic heterocycles. The monoisotopic (exact) mass is 281 g/mol. The zero-order valence-electron chi connectivity index (χ0n) is 12.4. The molecule has 0 saturated heterocycles. The van der Waals surface area contributed by atoms with Crippen LogP contribution < -0.4 is 5.32 Å². The van der Waals surface area contributed by atoms with Gasteiger partial charge in [-0.05, 0) is 30.5 Å². The molecule has 0 heterocycles. The van der Waals surface area contributed by atoms with E-state index < -0.39 is 0 Å². The van der Waals surface area contributed by atoms with Gasteiger partial charge in [-0.15, -0.1) is 0 Å². The second kappa shape index (κ2) is 8.98. The van der Waals surface area contributed by atoms with Crippen LogP contribution in [0.2, 0.25) is 0 Å². The summed E-state index contributed by atoms with van der Waals surface area (Å²) in [7, 11) is 0. The van der Waals surface area contributed by atoms with Crippen molar-refractivity contribution in [2.24, 2.45) is 0 Å². The molecule has 0 spiro atoms. The average molecular weight is 281 g/mol. The summed E-state index contributed by atoms with van der Waals surface area (Å²) >= 11 is 0. The number of benzene rings is 2. The van der Waals surface area contributed by atoms with Gasteiger partial charge in [0.2, 0.25) is 0 Å². The van der Waals surface area contributed by atoms with E-state index in [9.17, 15) is 0 Å². The van der Waals surface area contributed by atoms with Crippen LogP contribution in [0.15, 0.2) is 73.5 Å². The fourth-order valence-corrected chi connectivity index (χ4v) is 2.36. The number of hydrogen-bond acceptors (Lipinski definition) is 2. The molecule has 1 atom stereocenters. The second-order valence-corrected chi connectivity index (χ2v) is 5.00. The SMILES string of the molecule is C=COCCCNC(Cc1ccccc1)c1ccccc1. The van der Waals surface area contributed by atoms with Gasteiger partial charge in [-0.25, -0.2) is 0 Å². The molecule has 0 aromatic heterocycles. The lowest BCUT2D eigenvalue weighted by molar-refractivity contribution is 0.242. The van der Waals surface area contributed by atoms with Crippen LogP contribution in [0.25, 0.3) is 0 Å². The number of nitrogens with one attached hydrogen (secondary N) is 1. The first kappa shape index (κ1) is 15.3. The molecule has 0 aliphatic carbocycles. The molecule has 0 aliphatic rings. The van der Waals surface area contributed by atoms with Gasteiger partial charge in [0.25, 0.3) is 0 Å². The van der Waals surface area contributed by atoms with Crippen molar-refractivity contribution in [3.63, 3.8) is 0 Å². The lowest BCUT2D eigenvalue weighted by Gasteiger charge is -2.19. The van der Waals surface area contributed by atoms with Gasteiger partial charge in [0, 0.05) is 6.04 Å². The highest BCUT2D eigenvalue weighted by atomic mass is 16.5. The quantitative estimate of drug-likeness (QED) is 0.551. The molecule has 2 heteroatoms. The average Bonchev–Trinajstić information content (AvgIpc) is 2.55. The Morgan fingerprint density at radius 3 is 2.33 bits per heavy atom. The molecule has 2 aromatic carbocycles. The van der Waals surface area contributed by atoms with Gasteiger partial charge < -0.3 is 10.1 Å². The molecule has 21 heavy (non-hydrogen) atoms. The van der Waals surface area contributed by atoms with E-state index >= 15 is 0 Å². The first-order chi connectivity index (χ1) is 10.4. The number of ether oxygens (including phenoxy) is 1. The van der Waals surface area contributed by atoms with Gasteiger partial charge in [0.05, 0.1) is 12.9 Å². The lowest BCUT2D eigenvalue weighted by Crippen LogP contribution is -2.25. The fourth-order valence-electron chi connectivity index (χ4n) is 2.36. The first-order valence-corrected chi connectivity index (χ1v) is 7.45. The Bertz CT molecular complexity index is 510. The van der Waals surface area contributed by atoms with E-state index in [2.05, 4.69) is 72.6 Å². The van der Waals surface area contributed by atoms with E-state index in [4.69, 9.17) is 4.74 Å². The van der Waals surface area contributed by atoms with Gasteiger partial charge >= 0.3 is 0 Å². The van der Waals surface area contributed by atoms with Crippen LogP contribution in [-0.2, 0) is 11.2 Å². The summed E-state index contributed by atoms with van der Waals surface area (Å²) in [4.78, 5) is 0. The van der Waals surface area contributed by atoms with Crippen LogP contribution in [-0.4, -0.2) is 13.2 Å². The predicted molar refractivity (Wildman–Crippen MR) is 88.1 cm³/mol. The van der Waals surface area contributed by atoms with Crippen molar-refractivity contribution in [3.05, 3.63) is 84.6 Å². The smallest absolute Gasteiger partial charge is 0.0885 e. The highest BCUT2D eigenvalue weighted by Gasteiger charge is 2.11. The molecule has 2 aromatic rings. The summed E-state index contributed by atoms with van der Waals surface area (Å²) < 4.78 is 5.16. The Hall–Kier alpha value is -2.06. The van der Waals surface area contributed by atoms with Crippen molar-refractivity contribution in [1.82, 2.24) is 5.32 Å². The highest BCUT2D eigenvalue weighted by Crippen LogP contribution is 2.18. The van der Waals surface area contributed by atoms with Gasteiger partial charge in [0.15, 0.2) is 0 Å². The minimum Gasteiger partial charge on any atom is -0.502 e. The third-order valence-electron chi connectivity index (χ3n) is 3.43. The maximum absolute atomic E-state index is 5.16. The van der Waals surface area contributed by atoms with Crippen LogP contribution in [0, 0.1) is 0 Å². The van der Waals surface area contributed by atoms with E-state index in [0.717, 1.165) is 19.4 Å². The summed E-state index contributed by atoms with van der Waals surface area (Å²) in [6, 6.07) is 21.5. The predicted octanol–water partition coefficient (Wildman–Crippen LogP) is 4.11. The van der Waals surface area contributed by atoms with E-state index in [1.807, 2.05) is 0 Å². The summed E-state index contributed by atoms with van der Waals surface area (Å²) in [5, 5.41) is 3.63. The van der Waals surface area contributed by atoms with Crippen molar-refractivity contribution in [1.29, 1.82) is 0 Å². The van der Waals surface area contributed by atoms with Crippen LogP contribution in [0.4, 0.5) is 0 Å². The van der Waals surface area contributed by atoms with E-state index in [1.54, 1.807) is 0 Å². The van der Waals surface area contributed by atoms with Gasteiger partial charge in [-0.3, -0.25) is 0 Å². The Morgan fingerprint density at radius 1 is 1.00 bits per heavy atom. The second-order valence-electron chi connectivity index (χ2n) is 5.00. The van der Waals surface area contributed by atoms with Gasteiger partial charge in [-0.1, -0.05) is 67.2 Å². The number of rotatable bonds is 9. The largest absolute Gasteiger partial charge is 0.502 e. The maximum Gasteiger partial charge on any atom is 0.0885 e. The molecule has 1 N–H and O–H groups in total. The van der Waals surface area contributed by atoms with E-state index in [-0.39, 0.29) is 0 Å². The fraction of sp³-hybridized carbons (Fsp3) is 0.263. The third-order valence-corrected chi connectivity index (χ3v) is 3.43. The van der Waals surface area contributed by atoms with E-state index in [1.165, 1.54) is 17.4 Å². The summed E-state index contributed by atoms with van der Waals surface area (Å²) in [6.45, 7) is 5.20. The number of hydrogen-bond donors (Lipinski definition) is 1. The summed E-state index contributed by atoms with van der Waals surface area (Å²) in [6.07, 6.45) is 3.47. The zero-order chi connectivity index (χ0) is 14.8. The minimum absolute atomic E-state index is 0.331. The minimum atomic E-state index is 0.331. The molecule has 0 radical (unpaired) electrons. The zero-order valence-corrected chi connectivity index (χ0v) is 12.4. The van der Waals surface area contributed by atoms with Crippen molar-refractivity contribution in [2.75, 3.05) is 13.2 Å². The van der Waals surface area contributed by atoms with Crippen LogP contribution in [0.5, 0.6) is 0 Å². The van der Waals surface area contributed by atoms with Crippen LogP contribution in [0.3, 0.4) is 0 Å². The van der Waals surface area contributed by atoms with Crippen molar-refractivity contribution in [2.45, 2.75) is 18.9 Å². The van der Waals surface area contributed by atoms with Crippen LogP contribution >= 0.6 is 0 Å². The van der Waals surface area contributed by atoms with Gasteiger partial charge in [-0.2, -0.15) is 0 Å². The van der Waals surface area contributed by atoms with Crippen LogP contribution in [0.1, 0.15) is 23.6 Å². The molecule has 0 amide bonds. The molecular weight excluding hydrogens is 258 g/mol. The summed E-state index contributed by atoms with van der Waals surface area (Å²) in [5.41, 5.74) is 2.67. The van der Waals surface area contributed by atoms with Crippen molar-refractivity contribution < 1.29 is 4.74 Å². The molecule has 0 fully saturated rings. The molecule has 110 valence electrons. The normalized spacial score (nSPS) is 11.8. The molecule has 0 bridgehead atoms. The van der Waals surface area contributed by atoms with Crippen molar-refractivity contribution in [3.8, 4) is 0 Å². The Labute approximate surface area is 127 Å². The Balaban J connectivity index is 1.96. The third kappa shape index (κ3) is 5.44. The maximum atomic E-state index is 5.16. The van der Waals surface area contributed by atoms with E-state index in [0.29, 0.717) is 12.6 Å². The molecule has 2 nitrogen and oxygen atoms in total. The molecule has 2 rings (SSSR count). The first-order valence-electron chi connectivity index (χ1n) is 7.45.